The molecule has 3 nitrogen and oxygen atoms in total. The molecule has 1 aliphatic heterocycles. The lowest BCUT2D eigenvalue weighted by Crippen LogP contribution is -2.16. The van der Waals surface area contributed by atoms with Gasteiger partial charge in [0.1, 0.15) is 11.4 Å². The molecule has 4 heteroatoms. The van der Waals surface area contributed by atoms with E-state index in [1.165, 1.54) is 18.2 Å². The summed E-state index contributed by atoms with van der Waals surface area (Å²) in [5, 5.41) is 12.2. The first-order chi connectivity index (χ1) is 9.08. The Labute approximate surface area is 109 Å². The van der Waals surface area contributed by atoms with E-state index in [0.717, 1.165) is 5.56 Å². The van der Waals surface area contributed by atoms with Crippen molar-refractivity contribution in [1.29, 1.82) is 0 Å². The van der Waals surface area contributed by atoms with Crippen LogP contribution in [0.5, 0.6) is 0 Å². The maximum atomic E-state index is 13.2. The zero-order chi connectivity index (χ0) is 13.6. The van der Waals surface area contributed by atoms with Crippen molar-refractivity contribution in [3.63, 3.8) is 0 Å². The lowest BCUT2D eigenvalue weighted by Gasteiger charge is -2.02. The van der Waals surface area contributed by atoms with Gasteiger partial charge in [0.05, 0.1) is 5.56 Å². The third-order valence-electron chi connectivity index (χ3n) is 3.13. The predicted molar refractivity (Wildman–Crippen MR) is 69.3 cm³/mol. The normalized spacial score (nSPS) is 13.9. The predicted octanol–water partition coefficient (Wildman–Crippen LogP) is 2.96. The van der Waals surface area contributed by atoms with Crippen LogP contribution in [0.1, 0.15) is 21.5 Å². The highest BCUT2D eigenvalue weighted by molar-refractivity contribution is 6.52. The van der Waals surface area contributed by atoms with E-state index < -0.39 is 5.82 Å². The van der Waals surface area contributed by atoms with Gasteiger partial charge in [-0.05, 0) is 36.8 Å². The Hall–Kier alpha value is -2.49. The Balaban J connectivity index is 2.22. The van der Waals surface area contributed by atoms with Gasteiger partial charge in [-0.3, -0.25) is 4.79 Å². The summed E-state index contributed by atoms with van der Waals surface area (Å²) in [4.78, 5) is 12.2. The molecule has 19 heavy (non-hydrogen) atoms. The Morgan fingerprint density at radius 2 is 1.95 bits per heavy atom. The summed E-state index contributed by atoms with van der Waals surface area (Å²) in [5.41, 5.74) is 1.85. The number of ketones is 1. The summed E-state index contributed by atoms with van der Waals surface area (Å²) in [5.74, 6) is -0.839. The Bertz CT molecular complexity index is 735. The van der Waals surface area contributed by atoms with E-state index in [9.17, 15) is 14.4 Å². The number of rotatable bonds is 1. The van der Waals surface area contributed by atoms with Crippen molar-refractivity contribution in [3.05, 3.63) is 70.2 Å². The van der Waals surface area contributed by atoms with Crippen molar-refractivity contribution in [2.24, 2.45) is 0 Å². The van der Waals surface area contributed by atoms with Crippen molar-refractivity contribution in [2.75, 3.05) is 0 Å². The quantitative estimate of drug-likeness (QED) is 0.580. The van der Waals surface area contributed by atoms with Crippen molar-refractivity contribution in [2.45, 2.75) is 6.92 Å². The van der Waals surface area contributed by atoms with Crippen molar-refractivity contribution < 1.29 is 13.9 Å². The fraction of sp³-hybridized carbons (Fsp3) is 0.0667. The number of hydrogen-bond donors (Lipinski definition) is 0. The second-order valence-electron chi connectivity index (χ2n) is 4.50. The van der Waals surface area contributed by atoms with Crippen LogP contribution >= 0.6 is 0 Å². The topological polar surface area (TPSA) is 43.1 Å². The zero-order valence-corrected chi connectivity index (χ0v) is 10.2. The SMILES string of the molecule is Cc1ccc2c(c1)[N+]([O-])=C(c1cccc(F)c1)C2=O. The van der Waals surface area contributed by atoms with Crippen LogP contribution in [0.25, 0.3) is 0 Å². The summed E-state index contributed by atoms with van der Waals surface area (Å²) in [6.45, 7) is 1.85. The van der Waals surface area contributed by atoms with E-state index in [-0.39, 0.29) is 11.5 Å². The van der Waals surface area contributed by atoms with Gasteiger partial charge in [0.15, 0.2) is 0 Å². The monoisotopic (exact) mass is 255 g/mol. The molecular weight excluding hydrogens is 245 g/mol. The Morgan fingerprint density at radius 1 is 1.16 bits per heavy atom. The number of nitrogens with zero attached hydrogens (tertiary/aromatic N) is 1. The summed E-state index contributed by atoms with van der Waals surface area (Å²) < 4.78 is 13.8. The number of aryl methyl sites for hydroxylation is 1. The number of hydrogen-bond acceptors (Lipinski definition) is 2. The van der Waals surface area contributed by atoms with Crippen molar-refractivity contribution in [1.82, 2.24) is 0 Å². The summed E-state index contributed by atoms with van der Waals surface area (Å²) in [7, 11) is 0. The molecule has 1 heterocycles. The van der Waals surface area contributed by atoms with Gasteiger partial charge in [0.25, 0.3) is 11.5 Å². The lowest BCUT2D eigenvalue weighted by molar-refractivity contribution is -0.355. The van der Waals surface area contributed by atoms with Gasteiger partial charge in [-0.1, -0.05) is 12.1 Å². The van der Waals surface area contributed by atoms with E-state index in [2.05, 4.69) is 0 Å². The standard InChI is InChI=1S/C15H10FNO2/c1-9-5-6-12-13(7-9)17(19)14(15(12)18)10-3-2-4-11(16)8-10/h2-8H,1H3. The van der Waals surface area contributed by atoms with Gasteiger partial charge in [-0.2, -0.15) is 4.74 Å². The molecule has 0 atom stereocenters. The van der Waals surface area contributed by atoms with Crippen LogP contribution in [0.4, 0.5) is 10.1 Å². The molecule has 0 spiro atoms. The zero-order valence-electron chi connectivity index (χ0n) is 10.2. The van der Waals surface area contributed by atoms with Crippen LogP contribution in [0.3, 0.4) is 0 Å². The average Bonchev–Trinajstić information content (AvgIpc) is 2.61. The molecule has 0 unspecified atom stereocenters. The molecule has 0 saturated carbocycles. The highest BCUT2D eigenvalue weighted by Crippen LogP contribution is 2.29. The molecule has 1 aliphatic rings. The van der Waals surface area contributed by atoms with Gasteiger partial charge in [0, 0.05) is 6.07 Å². The molecule has 0 bridgehead atoms. The Kier molecular flexibility index (Phi) is 2.45. The summed E-state index contributed by atoms with van der Waals surface area (Å²) in [6.07, 6.45) is 0. The summed E-state index contributed by atoms with van der Waals surface area (Å²) in [6, 6.07) is 10.6. The molecular formula is C15H10FNO2. The van der Waals surface area contributed by atoms with Gasteiger partial charge < -0.3 is 5.21 Å². The fourth-order valence-corrected chi connectivity index (χ4v) is 2.23. The number of benzene rings is 2. The number of halogens is 1. The van der Waals surface area contributed by atoms with Crippen LogP contribution in [-0.2, 0) is 0 Å². The van der Waals surface area contributed by atoms with E-state index in [1.807, 2.05) is 6.92 Å². The highest BCUT2D eigenvalue weighted by atomic mass is 19.1. The van der Waals surface area contributed by atoms with Gasteiger partial charge in [-0.25, -0.2) is 4.39 Å². The number of Topliss-reactive ketones (excluding diaryl/α,β-unsaturated/α-hetero) is 1. The van der Waals surface area contributed by atoms with Gasteiger partial charge in [-0.15, -0.1) is 0 Å². The smallest absolute Gasteiger partial charge is 0.273 e. The van der Waals surface area contributed by atoms with Gasteiger partial charge in [0.2, 0.25) is 5.69 Å². The van der Waals surface area contributed by atoms with E-state index >= 15 is 0 Å². The largest absolute Gasteiger partial charge is 0.618 e. The molecule has 0 amide bonds. The van der Waals surface area contributed by atoms with E-state index in [4.69, 9.17) is 0 Å². The van der Waals surface area contributed by atoms with Crippen LogP contribution in [-0.4, -0.2) is 16.2 Å². The van der Waals surface area contributed by atoms with Gasteiger partial charge >= 0.3 is 0 Å². The molecule has 0 N–H and O–H groups in total. The van der Waals surface area contributed by atoms with Crippen molar-refractivity contribution >= 4 is 17.2 Å². The first kappa shape index (κ1) is 11.6. The second-order valence-corrected chi connectivity index (χ2v) is 4.50. The van der Waals surface area contributed by atoms with Crippen LogP contribution in [0, 0.1) is 17.9 Å². The number of fused-ring (bicyclic) bond motifs is 1. The Morgan fingerprint density at radius 3 is 2.68 bits per heavy atom. The minimum Gasteiger partial charge on any atom is -0.618 e. The maximum Gasteiger partial charge on any atom is 0.273 e. The number of carbonyl (C=O) groups is 1. The third-order valence-corrected chi connectivity index (χ3v) is 3.13. The third kappa shape index (κ3) is 1.73. The van der Waals surface area contributed by atoms with Crippen molar-refractivity contribution in [3.8, 4) is 0 Å². The molecule has 2 aromatic carbocycles. The maximum absolute atomic E-state index is 13.2. The van der Waals surface area contributed by atoms with Crippen LogP contribution in [0.2, 0.25) is 0 Å². The average molecular weight is 255 g/mol. The fourth-order valence-electron chi connectivity index (χ4n) is 2.23. The molecule has 0 aromatic heterocycles. The first-order valence-corrected chi connectivity index (χ1v) is 5.83. The highest BCUT2D eigenvalue weighted by Gasteiger charge is 2.36. The molecule has 0 aliphatic carbocycles. The minimum absolute atomic E-state index is 0.0277. The number of carbonyl (C=O) groups excluding carboxylic acids is 1. The molecule has 94 valence electrons. The lowest BCUT2D eigenvalue weighted by atomic mass is 10.0. The molecule has 2 aromatic rings. The van der Waals surface area contributed by atoms with Crippen LogP contribution in [0.15, 0.2) is 42.5 Å². The van der Waals surface area contributed by atoms with E-state index in [0.29, 0.717) is 21.6 Å². The second kappa shape index (κ2) is 4.02. The minimum atomic E-state index is -0.474. The summed E-state index contributed by atoms with van der Waals surface area (Å²) >= 11 is 0. The van der Waals surface area contributed by atoms with Crippen LogP contribution < -0.4 is 0 Å². The molecule has 0 saturated heterocycles. The first-order valence-electron chi connectivity index (χ1n) is 5.83. The van der Waals surface area contributed by atoms with E-state index in [1.54, 1.807) is 24.3 Å². The molecule has 0 fully saturated rings. The molecule has 0 radical (unpaired) electrons. The molecule has 3 rings (SSSR count).